The van der Waals surface area contributed by atoms with E-state index in [1.807, 2.05) is 0 Å². The average Bonchev–Trinajstić information content (AvgIpc) is 3.30. The van der Waals surface area contributed by atoms with Crippen molar-refractivity contribution in [2.75, 3.05) is 0 Å². The van der Waals surface area contributed by atoms with Crippen molar-refractivity contribution < 1.29 is 24.2 Å². The molecule has 0 atom stereocenters. The lowest BCUT2D eigenvalue weighted by molar-refractivity contribution is -0.385. The van der Waals surface area contributed by atoms with Crippen LogP contribution in [0.4, 0.5) is 11.4 Å². The third-order valence-corrected chi connectivity index (χ3v) is 4.00. The van der Waals surface area contributed by atoms with Crippen LogP contribution in [0.5, 0.6) is 0 Å². The number of pyridine rings is 1. The number of carbonyl (C=O) groups is 1. The second-order valence-corrected chi connectivity index (χ2v) is 6.06. The number of rotatable bonds is 5. The van der Waals surface area contributed by atoms with Gasteiger partial charge in [0, 0.05) is 47.8 Å². The summed E-state index contributed by atoms with van der Waals surface area (Å²) in [6.07, 6.45) is 3.26. The van der Waals surface area contributed by atoms with Crippen LogP contribution in [-0.2, 0) is 0 Å². The van der Waals surface area contributed by atoms with E-state index in [0.717, 1.165) is 17.7 Å². The van der Waals surface area contributed by atoms with Gasteiger partial charge in [0.2, 0.25) is 11.8 Å². The molecule has 0 spiro atoms. The molecule has 0 radical (unpaired) electrons. The van der Waals surface area contributed by atoms with E-state index in [1.54, 1.807) is 36.7 Å². The Morgan fingerprint density at radius 3 is 1.62 bits per heavy atom. The van der Waals surface area contributed by atoms with Gasteiger partial charge in [0.15, 0.2) is 0 Å². The molecule has 4 rings (SSSR count). The van der Waals surface area contributed by atoms with Crippen LogP contribution in [0.2, 0.25) is 0 Å². The standard InChI is InChI=1S/C13H8N4O3.C7H5NO4/c18-17(19)11-3-1-9(2-4-11)12-15-16-13(20-12)10-5-7-14-8-6-10;9-7(10)5-1-3-6(4-2-5)8(11)12/h1-8H;1-4H,(H,9,10). The molecule has 0 aliphatic heterocycles. The Kier molecular flexibility index (Phi) is 6.56. The van der Waals surface area contributed by atoms with Crippen LogP contribution < -0.4 is 0 Å². The summed E-state index contributed by atoms with van der Waals surface area (Å²) in [7, 11) is 0. The molecule has 0 aliphatic carbocycles. The molecule has 32 heavy (non-hydrogen) atoms. The lowest BCUT2D eigenvalue weighted by atomic mass is 10.2. The number of nitrogens with zero attached hydrogens (tertiary/aromatic N) is 5. The summed E-state index contributed by atoms with van der Waals surface area (Å²) in [5, 5.41) is 37.0. The normalized spacial score (nSPS) is 10.0. The van der Waals surface area contributed by atoms with E-state index in [-0.39, 0.29) is 16.9 Å². The minimum absolute atomic E-state index is 0.0163. The molecule has 12 nitrogen and oxygen atoms in total. The molecule has 2 heterocycles. The number of hydrogen-bond donors (Lipinski definition) is 1. The van der Waals surface area contributed by atoms with Gasteiger partial charge in [-0.2, -0.15) is 0 Å². The van der Waals surface area contributed by atoms with Crippen LogP contribution in [-0.4, -0.2) is 36.1 Å². The molecule has 0 fully saturated rings. The minimum atomic E-state index is -1.09. The fraction of sp³-hybridized carbons (Fsp3) is 0. The van der Waals surface area contributed by atoms with Gasteiger partial charge in [0.25, 0.3) is 11.4 Å². The Balaban J connectivity index is 0.000000207. The van der Waals surface area contributed by atoms with Crippen LogP contribution in [0.25, 0.3) is 22.9 Å². The summed E-state index contributed by atoms with van der Waals surface area (Å²) in [6, 6.07) is 14.1. The Morgan fingerprint density at radius 2 is 1.19 bits per heavy atom. The van der Waals surface area contributed by atoms with Crippen LogP contribution >= 0.6 is 0 Å². The molecule has 0 bridgehead atoms. The topological polar surface area (TPSA) is 175 Å². The molecule has 2 aromatic heterocycles. The van der Waals surface area contributed by atoms with Gasteiger partial charge in [-0.25, -0.2) is 4.79 Å². The fourth-order valence-electron chi connectivity index (χ4n) is 2.40. The monoisotopic (exact) mass is 435 g/mol. The molecular formula is C20H13N5O7. The number of non-ortho nitro benzene ring substituents is 2. The molecule has 160 valence electrons. The number of aromatic nitrogens is 3. The van der Waals surface area contributed by atoms with Gasteiger partial charge in [0.1, 0.15) is 0 Å². The van der Waals surface area contributed by atoms with E-state index in [4.69, 9.17) is 9.52 Å². The first-order valence-corrected chi connectivity index (χ1v) is 8.81. The first-order chi connectivity index (χ1) is 15.3. The van der Waals surface area contributed by atoms with Gasteiger partial charge < -0.3 is 9.52 Å². The first kappa shape index (κ1) is 21.7. The summed E-state index contributed by atoms with van der Waals surface area (Å²) < 4.78 is 5.54. The maximum absolute atomic E-state index is 10.6. The first-order valence-electron chi connectivity index (χ1n) is 8.81. The maximum Gasteiger partial charge on any atom is 0.335 e. The molecule has 0 aliphatic rings. The Hall–Kier alpha value is -5.00. The second kappa shape index (κ2) is 9.67. The van der Waals surface area contributed by atoms with Gasteiger partial charge in [-0.3, -0.25) is 25.2 Å². The lowest BCUT2D eigenvalue weighted by Crippen LogP contribution is -1.96. The molecule has 0 saturated carbocycles. The third-order valence-electron chi connectivity index (χ3n) is 4.00. The van der Waals surface area contributed by atoms with Crippen molar-refractivity contribution in [3.63, 3.8) is 0 Å². The van der Waals surface area contributed by atoms with Crippen LogP contribution in [0.3, 0.4) is 0 Å². The molecule has 1 N–H and O–H groups in total. The highest BCUT2D eigenvalue weighted by molar-refractivity contribution is 5.87. The van der Waals surface area contributed by atoms with Gasteiger partial charge in [-0.05, 0) is 36.4 Å². The summed E-state index contributed by atoms with van der Waals surface area (Å²) in [6.45, 7) is 0. The summed E-state index contributed by atoms with van der Waals surface area (Å²) in [4.78, 5) is 33.9. The highest BCUT2D eigenvalue weighted by atomic mass is 16.6. The highest BCUT2D eigenvalue weighted by Crippen LogP contribution is 2.24. The smallest absolute Gasteiger partial charge is 0.335 e. The highest BCUT2D eigenvalue weighted by Gasteiger charge is 2.12. The third kappa shape index (κ3) is 5.33. The summed E-state index contributed by atoms with van der Waals surface area (Å²) in [5.74, 6) is -0.405. The molecule has 0 amide bonds. The zero-order valence-corrected chi connectivity index (χ0v) is 16.1. The Bertz CT molecular complexity index is 1210. The van der Waals surface area contributed by atoms with Crippen molar-refractivity contribution in [2.45, 2.75) is 0 Å². The molecule has 2 aromatic carbocycles. The van der Waals surface area contributed by atoms with Crippen molar-refractivity contribution in [3.8, 4) is 22.9 Å². The molecule has 12 heteroatoms. The zero-order valence-electron chi connectivity index (χ0n) is 16.1. The van der Waals surface area contributed by atoms with Crippen LogP contribution in [0.15, 0.2) is 77.5 Å². The number of carboxylic acid groups (broad SMARTS) is 1. The van der Waals surface area contributed by atoms with E-state index < -0.39 is 15.8 Å². The second-order valence-electron chi connectivity index (χ2n) is 6.06. The number of hydrogen-bond acceptors (Lipinski definition) is 9. The SMILES string of the molecule is O=C(O)c1ccc([N+](=O)[O-])cc1.O=[N+]([O-])c1ccc(-c2nnc(-c3ccncc3)o2)cc1. The number of nitro groups is 2. The van der Waals surface area contributed by atoms with Crippen molar-refractivity contribution in [1.29, 1.82) is 0 Å². The van der Waals surface area contributed by atoms with E-state index in [0.29, 0.717) is 17.3 Å². The van der Waals surface area contributed by atoms with Gasteiger partial charge in [-0.1, -0.05) is 0 Å². The van der Waals surface area contributed by atoms with Gasteiger partial charge in [-0.15, -0.1) is 10.2 Å². The molecule has 0 saturated heterocycles. The quantitative estimate of drug-likeness (QED) is 0.356. The number of nitro benzene ring substituents is 2. The van der Waals surface area contributed by atoms with Gasteiger partial charge >= 0.3 is 5.97 Å². The lowest BCUT2D eigenvalue weighted by Gasteiger charge is -1.95. The summed E-state index contributed by atoms with van der Waals surface area (Å²) >= 11 is 0. The van der Waals surface area contributed by atoms with E-state index in [1.165, 1.54) is 24.3 Å². The van der Waals surface area contributed by atoms with Crippen LogP contribution in [0, 0.1) is 20.2 Å². The molecule has 0 unspecified atom stereocenters. The zero-order chi connectivity index (χ0) is 23.1. The fourth-order valence-corrected chi connectivity index (χ4v) is 2.40. The number of aromatic carboxylic acids is 1. The van der Waals surface area contributed by atoms with Crippen molar-refractivity contribution >= 4 is 17.3 Å². The minimum Gasteiger partial charge on any atom is -0.478 e. The van der Waals surface area contributed by atoms with Crippen molar-refractivity contribution in [3.05, 3.63) is 98.8 Å². The summed E-state index contributed by atoms with van der Waals surface area (Å²) in [5.41, 5.74) is 1.34. The van der Waals surface area contributed by atoms with Crippen molar-refractivity contribution in [2.24, 2.45) is 0 Å². The molecule has 4 aromatic rings. The largest absolute Gasteiger partial charge is 0.478 e. The van der Waals surface area contributed by atoms with Crippen LogP contribution in [0.1, 0.15) is 10.4 Å². The molecular weight excluding hydrogens is 422 g/mol. The van der Waals surface area contributed by atoms with E-state index in [2.05, 4.69) is 15.2 Å². The predicted molar refractivity (Wildman–Crippen MR) is 110 cm³/mol. The van der Waals surface area contributed by atoms with E-state index >= 15 is 0 Å². The van der Waals surface area contributed by atoms with E-state index in [9.17, 15) is 25.0 Å². The average molecular weight is 435 g/mol. The Labute approximate surface area is 179 Å². The number of carboxylic acids is 1. The Morgan fingerprint density at radius 1 is 0.750 bits per heavy atom. The van der Waals surface area contributed by atoms with Gasteiger partial charge in [0.05, 0.1) is 15.4 Å². The predicted octanol–water partition coefficient (Wildman–Crippen LogP) is 4.00. The maximum atomic E-state index is 10.6. The number of benzene rings is 2. The van der Waals surface area contributed by atoms with Crippen molar-refractivity contribution in [1.82, 2.24) is 15.2 Å².